The third-order valence-electron chi connectivity index (χ3n) is 8.93. The van der Waals surface area contributed by atoms with Crippen LogP contribution in [0.25, 0.3) is 0 Å². The number of carbonyl (C=O) groups is 1. The predicted molar refractivity (Wildman–Crippen MR) is 159 cm³/mol. The minimum Gasteiger partial charge on any atom is -0.396 e. The second-order valence-electron chi connectivity index (χ2n) is 11.8. The van der Waals surface area contributed by atoms with E-state index in [-0.39, 0.29) is 33.3 Å². The van der Waals surface area contributed by atoms with E-state index in [1.165, 1.54) is 12.1 Å². The molecule has 3 aliphatic rings. The molecule has 1 aliphatic carbocycles. The molecule has 1 amide bonds. The maximum absolute atomic E-state index is 16.0. The molecule has 10 heteroatoms. The number of hydrogen-bond donors (Lipinski definition) is 4. The number of rotatable bonds is 11. The van der Waals surface area contributed by atoms with Gasteiger partial charge in [-0.1, -0.05) is 55.3 Å². The molecule has 0 radical (unpaired) electrons. The molecule has 1 aromatic rings. The van der Waals surface area contributed by atoms with Crippen LogP contribution in [0, 0.1) is 23.1 Å². The molecule has 0 spiro atoms. The van der Waals surface area contributed by atoms with E-state index < -0.39 is 35.4 Å². The first-order chi connectivity index (χ1) is 19.6. The van der Waals surface area contributed by atoms with Gasteiger partial charge < -0.3 is 25.8 Å². The normalized spacial score (nSPS) is 27.1. The maximum atomic E-state index is 16.0. The van der Waals surface area contributed by atoms with Crippen molar-refractivity contribution in [1.29, 1.82) is 0 Å². The van der Waals surface area contributed by atoms with E-state index in [9.17, 15) is 4.79 Å². The first-order valence-electron chi connectivity index (χ1n) is 14.4. The van der Waals surface area contributed by atoms with Gasteiger partial charge in [0.15, 0.2) is 0 Å². The standard InChI is InChI=1S/C31H41Cl2F2N3O3/c1-30(2,19-11-15-41-16-12-19)18-25-31(36-3,22-10-9-20(32)17-24(22)34)26(21-7-6-8-23(33)27(21)35)28(38-25)29(40)37-13-4-5-14-39/h6-10,17,19,21,25,27,36,38-39H,4-5,11-16,18H2,1-3H3,(H,37,40)/t21?,25-,27-,31+/m0/s1. The third-order valence-corrected chi connectivity index (χ3v) is 9.50. The van der Waals surface area contributed by atoms with Crippen LogP contribution >= 0.6 is 23.2 Å². The zero-order chi connectivity index (χ0) is 29.8. The molecule has 6 nitrogen and oxygen atoms in total. The SMILES string of the molecule is CN[C@@]1(c2ccc(Cl)cc2F)C(C2C=CC=C(Cl)[C@H]2F)=C(C(=O)NCCCCO)N[C@H]1CC(C)(C)C1CCOCC1. The average molecular weight is 613 g/mol. The highest BCUT2D eigenvalue weighted by Gasteiger charge is 2.56. The molecule has 226 valence electrons. The Bertz CT molecular complexity index is 1200. The van der Waals surface area contributed by atoms with Crippen LogP contribution < -0.4 is 16.0 Å². The summed E-state index contributed by atoms with van der Waals surface area (Å²) in [5.41, 5.74) is -0.658. The smallest absolute Gasteiger partial charge is 0.267 e. The van der Waals surface area contributed by atoms with Crippen LogP contribution in [0.1, 0.15) is 51.5 Å². The number of allylic oxidation sites excluding steroid dienone is 4. The van der Waals surface area contributed by atoms with Crippen LogP contribution in [-0.2, 0) is 15.1 Å². The molecule has 1 aromatic carbocycles. The van der Waals surface area contributed by atoms with Crippen LogP contribution in [0.5, 0.6) is 0 Å². The molecule has 4 N–H and O–H groups in total. The summed E-state index contributed by atoms with van der Waals surface area (Å²) in [6.07, 6.45) is 6.70. The van der Waals surface area contributed by atoms with Gasteiger partial charge >= 0.3 is 0 Å². The summed E-state index contributed by atoms with van der Waals surface area (Å²) in [6.45, 7) is 6.09. The van der Waals surface area contributed by atoms with E-state index in [1.807, 2.05) is 0 Å². The van der Waals surface area contributed by atoms with Gasteiger partial charge in [0.2, 0.25) is 0 Å². The van der Waals surface area contributed by atoms with Crippen LogP contribution in [0.4, 0.5) is 8.78 Å². The largest absolute Gasteiger partial charge is 0.396 e. The number of alkyl halides is 1. The third kappa shape index (κ3) is 6.52. The van der Waals surface area contributed by atoms with Gasteiger partial charge in [0.05, 0.1) is 16.6 Å². The predicted octanol–water partition coefficient (Wildman–Crippen LogP) is 5.50. The summed E-state index contributed by atoms with van der Waals surface area (Å²) < 4.78 is 37.5. The lowest BCUT2D eigenvalue weighted by molar-refractivity contribution is -0.117. The monoisotopic (exact) mass is 611 g/mol. The molecule has 0 aromatic heterocycles. The molecular formula is C31H41Cl2F2N3O3. The van der Waals surface area contributed by atoms with Gasteiger partial charge in [-0.2, -0.15) is 0 Å². The Morgan fingerprint density at radius 1 is 1.24 bits per heavy atom. The first-order valence-corrected chi connectivity index (χ1v) is 15.1. The van der Waals surface area contributed by atoms with Crippen molar-refractivity contribution >= 4 is 29.1 Å². The Morgan fingerprint density at radius 3 is 2.63 bits per heavy atom. The van der Waals surface area contributed by atoms with Gasteiger partial charge in [-0.25, -0.2) is 8.78 Å². The molecule has 2 aliphatic heterocycles. The lowest BCUT2D eigenvalue weighted by Crippen LogP contribution is -2.56. The molecule has 41 heavy (non-hydrogen) atoms. The highest BCUT2D eigenvalue weighted by molar-refractivity contribution is 6.30. The van der Waals surface area contributed by atoms with Gasteiger partial charge in [0, 0.05) is 42.9 Å². The van der Waals surface area contributed by atoms with E-state index in [1.54, 1.807) is 31.3 Å². The second-order valence-corrected chi connectivity index (χ2v) is 12.7. The van der Waals surface area contributed by atoms with Crippen molar-refractivity contribution in [2.75, 3.05) is 33.4 Å². The van der Waals surface area contributed by atoms with E-state index >= 15 is 8.78 Å². The fraction of sp³-hybridized carbons (Fsp3) is 0.581. The average Bonchev–Trinajstić information content (AvgIpc) is 3.26. The first kappa shape index (κ1) is 32.0. The number of hydrogen-bond acceptors (Lipinski definition) is 5. The molecule has 1 unspecified atom stereocenters. The molecule has 0 bridgehead atoms. The van der Waals surface area contributed by atoms with E-state index in [4.69, 9.17) is 33.0 Å². The molecular weight excluding hydrogens is 571 g/mol. The second kappa shape index (κ2) is 13.6. The fourth-order valence-corrected chi connectivity index (χ4v) is 7.09. The molecule has 1 saturated heterocycles. The van der Waals surface area contributed by atoms with Crippen LogP contribution in [0.3, 0.4) is 0 Å². The zero-order valence-electron chi connectivity index (χ0n) is 23.9. The number of benzene rings is 1. The summed E-state index contributed by atoms with van der Waals surface area (Å²) >= 11 is 12.5. The maximum Gasteiger partial charge on any atom is 0.267 e. The quantitative estimate of drug-likeness (QED) is 0.248. The number of amides is 1. The summed E-state index contributed by atoms with van der Waals surface area (Å²) in [7, 11) is 1.71. The fourth-order valence-electron chi connectivity index (χ4n) is 6.72. The van der Waals surface area contributed by atoms with E-state index in [0.29, 0.717) is 50.5 Å². The number of ether oxygens (including phenoxy) is 1. The minimum absolute atomic E-state index is 0.0141. The van der Waals surface area contributed by atoms with Gasteiger partial charge in [0.25, 0.3) is 5.91 Å². The number of likely N-dealkylation sites (N-methyl/N-ethyl adjacent to an activating group) is 1. The number of aliphatic hydroxyl groups excluding tert-OH is 1. The Labute approximate surface area is 251 Å². The number of nitrogens with one attached hydrogen (secondary N) is 3. The van der Waals surface area contributed by atoms with E-state index in [2.05, 4.69) is 29.8 Å². The Morgan fingerprint density at radius 2 is 1.98 bits per heavy atom. The Balaban J connectivity index is 1.88. The topological polar surface area (TPSA) is 82.6 Å². The van der Waals surface area contributed by atoms with Gasteiger partial charge in [-0.3, -0.25) is 4.79 Å². The van der Waals surface area contributed by atoms with Crippen molar-refractivity contribution < 1.29 is 23.4 Å². The number of halogens is 4. The van der Waals surface area contributed by atoms with Crippen molar-refractivity contribution in [2.24, 2.45) is 17.3 Å². The van der Waals surface area contributed by atoms with Crippen molar-refractivity contribution in [2.45, 2.75) is 63.7 Å². The van der Waals surface area contributed by atoms with Gasteiger partial charge in [-0.15, -0.1) is 0 Å². The molecule has 1 fully saturated rings. The van der Waals surface area contributed by atoms with Gasteiger partial charge in [0.1, 0.15) is 17.7 Å². The zero-order valence-corrected chi connectivity index (χ0v) is 25.4. The summed E-state index contributed by atoms with van der Waals surface area (Å²) in [5.74, 6) is -1.55. The van der Waals surface area contributed by atoms with Crippen LogP contribution in [-0.4, -0.2) is 56.6 Å². The Kier molecular flexibility index (Phi) is 10.6. The molecule has 4 rings (SSSR count). The minimum atomic E-state index is -1.62. The number of unbranched alkanes of at least 4 members (excludes halogenated alkanes) is 1. The highest BCUT2D eigenvalue weighted by Crippen LogP contribution is 2.51. The van der Waals surface area contributed by atoms with Gasteiger partial charge in [-0.05, 0) is 74.3 Å². The summed E-state index contributed by atoms with van der Waals surface area (Å²) in [5, 5.41) is 19.2. The van der Waals surface area contributed by atoms with Crippen molar-refractivity contribution in [3.63, 3.8) is 0 Å². The summed E-state index contributed by atoms with van der Waals surface area (Å²) in [4.78, 5) is 13.8. The van der Waals surface area contributed by atoms with Crippen molar-refractivity contribution in [3.8, 4) is 0 Å². The number of aliphatic hydroxyl groups is 1. The van der Waals surface area contributed by atoms with Crippen LogP contribution in [0.2, 0.25) is 5.02 Å². The molecule has 2 heterocycles. The van der Waals surface area contributed by atoms with Crippen molar-refractivity contribution in [3.05, 3.63) is 69.1 Å². The molecule has 4 atom stereocenters. The lowest BCUT2D eigenvalue weighted by atomic mass is 9.64. The Hall–Kier alpha value is -1.97. The highest BCUT2D eigenvalue weighted by atomic mass is 35.5. The lowest BCUT2D eigenvalue weighted by Gasteiger charge is -2.46. The van der Waals surface area contributed by atoms with E-state index in [0.717, 1.165) is 12.8 Å². The van der Waals surface area contributed by atoms with Crippen molar-refractivity contribution in [1.82, 2.24) is 16.0 Å². The number of carbonyl (C=O) groups excluding carboxylic acids is 1. The summed E-state index contributed by atoms with van der Waals surface area (Å²) in [6, 6.07) is 3.96. The van der Waals surface area contributed by atoms with Crippen LogP contribution in [0.15, 0.2) is 52.7 Å². The molecule has 0 saturated carbocycles.